The van der Waals surface area contributed by atoms with E-state index in [-0.39, 0.29) is 29.4 Å². The Hall–Kier alpha value is -4.52. The minimum Gasteiger partial charge on any atom is -0.393 e. The Labute approximate surface area is 340 Å². The van der Waals surface area contributed by atoms with Crippen LogP contribution in [0.4, 0.5) is 0 Å². The van der Waals surface area contributed by atoms with Crippen molar-refractivity contribution in [2.75, 3.05) is 0 Å². The van der Waals surface area contributed by atoms with Crippen molar-refractivity contribution in [3.63, 3.8) is 0 Å². The first kappa shape index (κ1) is 42.1. The van der Waals surface area contributed by atoms with Gasteiger partial charge in [-0.15, -0.1) is 22.7 Å². The highest BCUT2D eigenvalue weighted by Crippen LogP contribution is 2.43. The molecule has 0 saturated carbocycles. The Morgan fingerprint density at radius 3 is 1.37 bits per heavy atom. The van der Waals surface area contributed by atoms with Crippen LogP contribution in [0.2, 0.25) is 0 Å². The Bertz CT molecular complexity index is 1790. The lowest BCUT2D eigenvalue weighted by molar-refractivity contribution is -0.527. The molecule has 6 rings (SSSR count). The summed E-state index contributed by atoms with van der Waals surface area (Å²) in [6, 6.07) is 20.1. The number of benzene rings is 2. The van der Waals surface area contributed by atoms with Gasteiger partial charge in [0.15, 0.2) is 0 Å². The molecular weight excluding hydrogens is 767 g/mol. The van der Waals surface area contributed by atoms with Crippen LogP contribution in [0.3, 0.4) is 0 Å². The molecule has 2 fully saturated rings. The Kier molecular flexibility index (Phi) is 14.2. The molecule has 57 heavy (non-hydrogen) atoms. The van der Waals surface area contributed by atoms with E-state index in [4.69, 9.17) is 9.31 Å². The van der Waals surface area contributed by atoms with Gasteiger partial charge in [0, 0.05) is 19.6 Å². The van der Waals surface area contributed by atoms with Crippen molar-refractivity contribution in [3.05, 3.63) is 137 Å². The van der Waals surface area contributed by atoms with E-state index in [2.05, 4.69) is 21.3 Å². The van der Waals surface area contributed by atoms with Gasteiger partial charge in [0.1, 0.15) is 36.6 Å². The first-order chi connectivity index (χ1) is 27.4. The minimum atomic E-state index is -1.09. The second-order valence-corrected chi connectivity index (χ2v) is 17.4. The second-order valence-electron chi connectivity index (χ2n) is 15.4. The van der Waals surface area contributed by atoms with E-state index in [0.29, 0.717) is 12.8 Å². The maximum atomic E-state index is 14.1. The molecule has 2 aromatic carbocycles. The van der Waals surface area contributed by atoms with Crippen LogP contribution in [0.25, 0.3) is 0 Å². The zero-order chi connectivity index (χ0) is 40.6. The monoisotopic (exact) mass is 816 g/mol. The summed E-state index contributed by atoms with van der Waals surface area (Å²) in [5, 5.41) is 41.5. The molecule has 2 aliphatic rings. The molecule has 4 aromatic rings. The molecule has 10 unspecified atom stereocenters. The zero-order valence-electron chi connectivity index (χ0n) is 32.3. The van der Waals surface area contributed by atoms with Gasteiger partial charge in [-0.05, 0) is 58.7 Å². The number of nitrogens with one attached hydrogen (secondary N) is 4. The van der Waals surface area contributed by atoms with Gasteiger partial charge in [0.25, 0.3) is 0 Å². The highest BCUT2D eigenvalue weighted by molar-refractivity contribution is 7.10. The highest BCUT2D eigenvalue weighted by Gasteiger charge is 2.56. The van der Waals surface area contributed by atoms with Gasteiger partial charge in [-0.2, -0.15) is 0 Å². The Morgan fingerprint density at radius 1 is 0.667 bits per heavy atom. The van der Waals surface area contributed by atoms with Crippen molar-refractivity contribution in [2.24, 2.45) is 11.8 Å². The van der Waals surface area contributed by atoms with Crippen molar-refractivity contribution >= 4 is 42.2 Å². The number of carbonyl (C=O) groups is 2. The first-order valence-electron chi connectivity index (χ1n) is 19.2. The predicted molar refractivity (Wildman–Crippen MR) is 220 cm³/mol. The number of carbonyl (C=O) groups excluding carboxylic acids is 2. The van der Waals surface area contributed by atoms with Crippen molar-refractivity contribution in [2.45, 2.75) is 101 Å². The zero-order valence-corrected chi connectivity index (χ0v) is 33.9. The first-order valence-corrected chi connectivity index (χ1v) is 21.0. The lowest BCUT2D eigenvalue weighted by Gasteiger charge is -2.27. The number of nitro groups is 2. The van der Waals surface area contributed by atoms with Crippen LogP contribution in [0.5, 0.6) is 0 Å². The maximum Gasteiger partial charge on any atom is 0.441 e. The topological polar surface area (TPSA) is 187 Å². The SMILES string of the molecule is CC(C)CC(NC(=O)C1NC(c2ccccc2)C([N+](=O)[O-])C1c1cccs1)OBOC(CC(C)C)NC(=O)C1NC(c2ccccc2)C([N+](=O)[O-])C1c1cccs1. The van der Waals surface area contributed by atoms with Gasteiger partial charge < -0.3 is 19.9 Å². The molecule has 2 aliphatic heterocycles. The molecule has 14 nitrogen and oxygen atoms in total. The Morgan fingerprint density at radius 2 is 1.05 bits per heavy atom. The number of rotatable bonds is 18. The lowest BCUT2D eigenvalue weighted by atomic mass is 9.89. The van der Waals surface area contributed by atoms with Crippen LogP contribution < -0.4 is 21.3 Å². The van der Waals surface area contributed by atoms with E-state index >= 15 is 0 Å². The third-order valence-electron chi connectivity index (χ3n) is 10.5. The predicted octanol–water partition coefficient (Wildman–Crippen LogP) is 5.67. The summed E-state index contributed by atoms with van der Waals surface area (Å²) in [4.78, 5) is 54.3. The van der Waals surface area contributed by atoms with E-state index in [1.165, 1.54) is 22.7 Å². The molecule has 10 atom stereocenters. The summed E-state index contributed by atoms with van der Waals surface area (Å²) < 4.78 is 12.3. The maximum absolute atomic E-state index is 14.1. The summed E-state index contributed by atoms with van der Waals surface area (Å²) in [6.45, 7) is 7.95. The molecule has 0 radical (unpaired) electrons. The molecule has 0 bridgehead atoms. The number of hydrogen-bond donors (Lipinski definition) is 4. The number of thiophene rings is 2. The average molecular weight is 817 g/mol. The normalized spacial score (nSPS) is 25.6. The van der Waals surface area contributed by atoms with E-state index < -0.39 is 72.4 Å². The summed E-state index contributed by atoms with van der Waals surface area (Å²) in [7, 11) is -0.289. The van der Waals surface area contributed by atoms with Crippen molar-refractivity contribution in [1.29, 1.82) is 0 Å². The van der Waals surface area contributed by atoms with Gasteiger partial charge in [-0.1, -0.05) is 100 Å². The van der Waals surface area contributed by atoms with Crippen LogP contribution >= 0.6 is 22.7 Å². The summed E-state index contributed by atoms with van der Waals surface area (Å²) in [6.07, 6.45) is -0.776. The molecule has 2 amide bonds. The van der Waals surface area contributed by atoms with Crippen molar-refractivity contribution in [1.82, 2.24) is 21.3 Å². The largest absolute Gasteiger partial charge is 0.441 e. The number of amides is 2. The Balaban J connectivity index is 1.16. The fourth-order valence-electron chi connectivity index (χ4n) is 8.01. The van der Waals surface area contributed by atoms with Crippen LogP contribution in [0.1, 0.15) is 85.3 Å². The van der Waals surface area contributed by atoms with Crippen LogP contribution in [0.15, 0.2) is 95.7 Å². The molecule has 17 heteroatoms. The van der Waals surface area contributed by atoms with Gasteiger partial charge in [-0.3, -0.25) is 40.5 Å². The second kappa shape index (κ2) is 19.3. The smallest absolute Gasteiger partial charge is 0.393 e. The van der Waals surface area contributed by atoms with Gasteiger partial charge >= 0.3 is 7.69 Å². The third-order valence-corrected chi connectivity index (χ3v) is 12.4. The van der Waals surface area contributed by atoms with Crippen LogP contribution in [0, 0.1) is 32.1 Å². The quantitative estimate of drug-likeness (QED) is 0.0422. The standard InChI is InChI=1S/C40H49BN6O8S2/c1-23(2)21-29(42-39(48)35-31(27-17-11-19-56-27)37(46(50)51)33(44-35)25-13-7-5-8-14-25)54-41-55-30(22-24(3)4)43-40(49)36-32(28-18-12-20-57-28)38(47(52)53)34(45-36)26-15-9-6-10-16-26/h5-20,23-24,29-38,41,44-45H,21-22H2,1-4H3,(H,42,48)(H,43,49). The molecule has 4 N–H and O–H groups in total. The average Bonchev–Trinajstić information content (AvgIpc) is 4.00. The fourth-order valence-corrected chi connectivity index (χ4v) is 9.82. The molecule has 0 spiro atoms. The lowest BCUT2D eigenvalue weighted by Crippen LogP contribution is -2.51. The van der Waals surface area contributed by atoms with Gasteiger partial charge in [0.2, 0.25) is 23.9 Å². The summed E-state index contributed by atoms with van der Waals surface area (Å²) in [5.74, 6) is -2.13. The molecule has 2 saturated heterocycles. The molecule has 0 aliphatic carbocycles. The van der Waals surface area contributed by atoms with E-state index in [1.54, 1.807) is 0 Å². The fraction of sp³-hybridized carbons (Fsp3) is 0.450. The van der Waals surface area contributed by atoms with Gasteiger partial charge in [0.05, 0.1) is 11.8 Å². The number of nitrogens with zero attached hydrogens (tertiary/aromatic N) is 2. The van der Waals surface area contributed by atoms with Crippen LogP contribution in [-0.2, 0) is 18.9 Å². The van der Waals surface area contributed by atoms with Crippen molar-refractivity contribution < 1.29 is 28.7 Å². The van der Waals surface area contributed by atoms with E-state index in [9.17, 15) is 29.8 Å². The molecule has 4 heterocycles. The number of hydrogen-bond acceptors (Lipinski definition) is 12. The van der Waals surface area contributed by atoms with Crippen molar-refractivity contribution in [3.8, 4) is 0 Å². The van der Waals surface area contributed by atoms with E-state index in [0.717, 1.165) is 20.9 Å². The third kappa shape index (κ3) is 10.1. The highest BCUT2D eigenvalue weighted by atomic mass is 32.1. The molecule has 2 aromatic heterocycles. The summed E-state index contributed by atoms with van der Waals surface area (Å²) in [5.41, 5.74) is 1.44. The molecular formula is C40H49BN6O8S2. The van der Waals surface area contributed by atoms with Crippen LogP contribution in [-0.4, -0.2) is 66.0 Å². The van der Waals surface area contributed by atoms with E-state index in [1.807, 2.05) is 123 Å². The van der Waals surface area contributed by atoms with Gasteiger partial charge in [-0.25, -0.2) is 0 Å². The molecule has 302 valence electrons. The summed E-state index contributed by atoms with van der Waals surface area (Å²) >= 11 is 2.75. The minimum absolute atomic E-state index is 0.101.